The number of hydrogen-bond donors (Lipinski definition) is 1. The zero-order valence-corrected chi connectivity index (χ0v) is 12.0. The summed E-state index contributed by atoms with van der Waals surface area (Å²) in [6, 6.07) is 13.7. The first-order valence-corrected chi connectivity index (χ1v) is 7.34. The number of aromatic carboxylic acids is 1. The molecule has 6 heteroatoms. The van der Waals surface area contributed by atoms with Gasteiger partial charge in [-0.3, -0.25) is 0 Å². The van der Waals surface area contributed by atoms with Crippen molar-refractivity contribution in [1.29, 1.82) is 0 Å². The zero-order chi connectivity index (χ0) is 14.7. The van der Waals surface area contributed by atoms with Crippen LogP contribution in [-0.2, 0) is 13.0 Å². The summed E-state index contributed by atoms with van der Waals surface area (Å²) in [4.78, 5) is 12.4. The predicted octanol–water partition coefficient (Wildman–Crippen LogP) is 2.68. The Labute approximate surface area is 125 Å². The molecule has 0 bridgehead atoms. The molecule has 0 fully saturated rings. The molecule has 0 unspecified atom stereocenters. The molecule has 3 aromatic rings. The van der Waals surface area contributed by atoms with E-state index >= 15 is 0 Å². The molecule has 2 heterocycles. The molecule has 0 aliphatic rings. The lowest BCUT2D eigenvalue weighted by molar-refractivity contribution is 0.0689. The van der Waals surface area contributed by atoms with E-state index in [-0.39, 0.29) is 5.69 Å². The molecular weight excluding hydrogens is 286 g/mol. The van der Waals surface area contributed by atoms with E-state index < -0.39 is 5.97 Å². The van der Waals surface area contributed by atoms with Gasteiger partial charge in [0.05, 0.1) is 12.2 Å². The fraction of sp³-hybridized carbons (Fsp3) is 0.133. The fourth-order valence-electron chi connectivity index (χ4n) is 2.14. The largest absolute Gasteiger partial charge is 0.476 e. The minimum absolute atomic E-state index is 0.0272. The second-order valence-electron chi connectivity index (χ2n) is 4.59. The lowest BCUT2D eigenvalue weighted by atomic mass is 10.2. The molecule has 5 nitrogen and oxygen atoms in total. The second-order valence-corrected chi connectivity index (χ2v) is 5.62. The van der Waals surface area contributed by atoms with Crippen LogP contribution in [0.15, 0.2) is 47.8 Å². The Morgan fingerprint density at radius 3 is 2.67 bits per heavy atom. The summed E-state index contributed by atoms with van der Waals surface area (Å²) in [5, 5.41) is 19.0. The van der Waals surface area contributed by atoms with Crippen molar-refractivity contribution in [2.24, 2.45) is 0 Å². The first kappa shape index (κ1) is 13.5. The molecule has 0 saturated heterocycles. The monoisotopic (exact) mass is 299 g/mol. The van der Waals surface area contributed by atoms with Crippen LogP contribution in [0.4, 0.5) is 0 Å². The molecule has 21 heavy (non-hydrogen) atoms. The highest BCUT2D eigenvalue weighted by molar-refractivity contribution is 7.09. The van der Waals surface area contributed by atoms with Crippen LogP contribution in [0.5, 0.6) is 0 Å². The van der Waals surface area contributed by atoms with Gasteiger partial charge < -0.3 is 5.11 Å². The van der Waals surface area contributed by atoms with Crippen molar-refractivity contribution in [2.45, 2.75) is 13.0 Å². The molecule has 0 aliphatic heterocycles. The number of carboxylic acids is 1. The van der Waals surface area contributed by atoms with Crippen LogP contribution in [0, 0.1) is 0 Å². The van der Waals surface area contributed by atoms with Crippen molar-refractivity contribution in [2.75, 3.05) is 0 Å². The highest BCUT2D eigenvalue weighted by atomic mass is 32.1. The van der Waals surface area contributed by atoms with Gasteiger partial charge in [0.15, 0.2) is 5.69 Å². The molecule has 106 valence electrons. The number of carboxylic acid groups (broad SMARTS) is 1. The number of carbonyl (C=O) groups is 1. The van der Waals surface area contributed by atoms with E-state index in [1.165, 1.54) is 0 Å². The predicted molar refractivity (Wildman–Crippen MR) is 79.7 cm³/mol. The van der Waals surface area contributed by atoms with Gasteiger partial charge in [-0.1, -0.05) is 41.6 Å². The SMILES string of the molecule is O=C(O)c1nnn(Cc2ccccc2)c1Cc1cccs1. The molecule has 0 aliphatic carbocycles. The van der Waals surface area contributed by atoms with Gasteiger partial charge in [0, 0.05) is 11.3 Å². The third-order valence-electron chi connectivity index (χ3n) is 3.14. The van der Waals surface area contributed by atoms with E-state index in [0.29, 0.717) is 18.7 Å². The van der Waals surface area contributed by atoms with E-state index in [9.17, 15) is 9.90 Å². The Kier molecular flexibility index (Phi) is 3.79. The highest BCUT2D eigenvalue weighted by Gasteiger charge is 2.19. The van der Waals surface area contributed by atoms with Gasteiger partial charge in [-0.2, -0.15) is 0 Å². The summed E-state index contributed by atoms with van der Waals surface area (Å²) in [5.74, 6) is -1.04. The van der Waals surface area contributed by atoms with E-state index in [2.05, 4.69) is 10.3 Å². The number of nitrogens with zero attached hydrogens (tertiary/aromatic N) is 3. The zero-order valence-electron chi connectivity index (χ0n) is 11.1. The Morgan fingerprint density at radius 2 is 2.00 bits per heavy atom. The standard InChI is InChI=1S/C15H13N3O2S/c19-15(20)14-13(9-12-7-4-8-21-12)18(17-16-14)10-11-5-2-1-3-6-11/h1-8H,9-10H2,(H,19,20). The number of rotatable bonds is 5. The average Bonchev–Trinajstić information content (AvgIpc) is 3.11. The van der Waals surface area contributed by atoms with Crippen molar-refractivity contribution >= 4 is 17.3 Å². The molecule has 0 amide bonds. The van der Waals surface area contributed by atoms with Crippen LogP contribution in [0.1, 0.15) is 26.6 Å². The van der Waals surface area contributed by atoms with Gasteiger partial charge in [0.25, 0.3) is 0 Å². The summed E-state index contributed by atoms with van der Waals surface area (Å²) >= 11 is 1.59. The molecule has 2 aromatic heterocycles. The number of thiophene rings is 1. The summed E-state index contributed by atoms with van der Waals surface area (Å²) in [6.07, 6.45) is 0.527. The van der Waals surface area contributed by atoms with Crippen LogP contribution in [0.3, 0.4) is 0 Å². The first-order valence-electron chi connectivity index (χ1n) is 6.46. The van der Waals surface area contributed by atoms with Crippen LogP contribution >= 0.6 is 11.3 Å². The van der Waals surface area contributed by atoms with E-state index in [0.717, 1.165) is 10.4 Å². The van der Waals surface area contributed by atoms with Gasteiger partial charge in [-0.15, -0.1) is 16.4 Å². The Balaban J connectivity index is 1.94. The van der Waals surface area contributed by atoms with Crippen LogP contribution in [-0.4, -0.2) is 26.1 Å². The van der Waals surface area contributed by atoms with Gasteiger partial charge in [-0.05, 0) is 17.0 Å². The Hall–Kier alpha value is -2.47. The van der Waals surface area contributed by atoms with Crippen molar-refractivity contribution in [3.8, 4) is 0 Å². The van der Waals surface area contributed by atoms with Crippen molar-refractivity contribution in [3.05, 3.63) is 69.7 Å². The lowest BCUT2D eigenvalue weighted by Gasteiger charge is -2.06. The minimum atomic E-state index is -1.04. The second kappa shape index (κ2) is 5.88. The van der Waals surface area contributed by atoms with Crippen LogP contribution in [0.2, 0.25) is 0 Å². The number of hydrogen-bond acceptors (Lipinski definition) is 4. The van der Waals surface area contributed by atoms with Crippen LogP contribution < -0.4 is 0 Å². The Morgan fingerprint density at radius 1 is 1.19 bits per heavy atom. The summed E-state index contributed by atoms with van der Waals surface area (Å²) in [6.45, 7) is 0.516. The van der Waals surface area contributed by atoms with E-state index in [4.69, 9.17) is 0 Å². The fourth-order valence-corrected chi connectivity index (χ4v) is 2.84. The van der Waals surface area contributed by atoms with Gasteiger partial charge in [-0.25, -0.2) is 9.48 Å². The topological polar surface area (TPSA) is 68.0 Å². The maximum absolute atomic E-state index is 11.3. The minimum Gasteiger partial charge on any atom is -0.476 e. The maximum Gasteiger partial charge on any atom is 0.358 e. The summed E-state index contributed by atoms with van der Waals surface area (Å²) in [7, 11) is 0. The number of aromatic nitrogens is 3. The molecule has 0 atom stereocenters. The van der Waals surface area contributed by atoms with Crippen molar-refractivity contribution < 1.29 is 9.90 Å². The summed E-state index contributed by atoms with van der Waals surface area (Å²) < 4.78 is 1.67. The lowest BCUT2D eigenvalue weighted by Crippen LogP contribution is -2.09. The third-order valence-corrected chi connectivity index (χ3v) is 4.01. The third kappa shape index (κ3) is 3.00. The van der Waals surface area contributed by atoms with Gasteiger partial charge >= 0.3 is 5.97 Å². The van der Waals surface area contributed by atoms with E-state index in [1.807, 2.05) is 47.8 Å². The van der Waals surface area contributed by atoms with Crippen molar-refractivity contribution in [3.63, 3.8) is 0 Å². The van der Waals surface area contributed by atoms with Gasteiger partial charge in [0.2, 0.25) is 0 Å². The molecule has 0 saturated carbocycles. The normalized spacial score (nSPS) is 10.7. The molecule has 0 radical (unpaired) electrons. The first-order chi connectivity index (χ1) is 10.2. The smallest absolute Gasteiger partial charge is 0.358 e. The van der Waals surface area contributed by atoms with Gasteiger partial charge in [0.1, 0.15) is 0 Å². The van der Waals surface area contributed by atoms with Crippen LogP contribution in [0.25, 0.3) is 0 Å². The number of benzene rings is 1. The molecule has 1 N–H and O–H groups in total. The summed E-state index contributed by atoms with van der Waals surface area (Å²) in [5.41, 5.74) is 1.72. The van der Waals surface area contributed by atoms with Crippen molar-refractivity contribution in [1.82, 2.24) is 15.0 Å². The Bertz CT molecular complexity index is 736. The molecule has 3 rings (SSSR count). The molecular formula is C15H13N3O2S. The maximum atomic E-state index is 11.3. The van der Waals surface area contributed by atoms with E-state index in [1.54, 1.807) is 16.0 Å². The molecule has 0 spiro atoms. The average molecular weight is 299 g/mol. The molecule has 1 aromatic carbocycles. The highest BCUT2D eigenvalue weighted by Crippen LogP contribution is 2.18. The quantitative estimate of drug-likeness (QED) is 0.786.